The smallest absolute Gasteiger partial charge is 0.274 e. The molecule has 0 aliphatic heterocycles. The fourth-order valence-electron chi connectivity index (χ4n) is 2.84. The quantitative estimate of drug-likeness (QED) is 0.695. The molecule has 27 heavy (non-hydrogen) atoms. The van der Waals surface area contributed by atoms with Crippen LogP contribution in [0, 0.1) is 13.8 Å². The lowest BCUT2D eigenvalue weighted by atomic mass is 10.1. The molecule has 0 radical (unpaired) electrons. The van der Waals surface area contributed by atoms with E-state index in [9.17, 15) is 4.79 Å². The highest BCUT2D eigenvalue weighted by Crippen LogP contribution is 2.22. The second kappa shape index (κ2) is 7.84. The van der Waals surface area contributed by atoms with Crippen LogP contribution in [0.3, 0.4) is 0 Å². The number of halogens is 1. The van der Waals surface area contributed by atoms with E-state index in [0.29, 0.717) is 22.1 Å². The Balaban J connectivity index is 1.73. The van der Waals surface area contributed by atoms with Crippen LogP contribution in [0.1, 0.15) is 46.0 Å². The molecule has 1 atom stereocenters. The molecule has 2 aromatic heterocycles. The maximum Gasteiger partial charge on any atom is 0.274 e. The van der Waals surface area contributed by atoms with E-state index in [2.05, 4.69) is 15.6 Å². The summed E-state index contributed by atoms with van der Waals surface area (Å²) in [6.45, 7) is 5.70. The number of rotatable bonds is 6. The first-order valence-electron chi connectivity index (χ1n) is 8.49. The van der Waals surface area contributed by atoms with Crippen molar-refractivity contribution in [3.05, 3.63) is 63.8 Å². The lowest BCUT2D eigenvalue weighted by Gasteiger charge is -2.13. The second-order valence-electron chi connectivity index (χ2n) is 6.35. The summed E-state index contributed by atoms with van der Waals surface area (Å²) in [5.74, 6) is 0.813. The Hall–Kier alpha value is -2.80. The van der Waals surface area contributed by atoms with E-state index in [-0.39, 0.29) is 24.2 Å². The number of carbonyl (C=O) groups excluding carboxylic acids is 1. The first kappa shape index (κ1) is 19.0. The van der Waals surface area contributed by atoms with Crippen molar-refractivity contribution in [3.8, 4) is 5.75 Å². The van der Waals surface area contributed by atoms with Crippen LogP contribution < -0.4 is 10.1 Å². The van der Waals surface area contributed by atoms with Crippen LogP contribution in [0.4, 0.5) is 0 Å². The standard InChI is InChI=1S/C19H21ClN4O3/c1-11(16-9-24(4)22-12(16)2)21-19(25)18-17(13(3)27-23-18)10-26-15-7-5-6-14(20)8-15/h5-9,11H,10H2,1-4H3,(H,21,25). The van der Waals surface area contributed by atoms with Crippen molar-refractivity contribution in [2.45, 2.75) is 33.4 Å². The van der Waals surface area contributed by atoms with Gasteiger partial charge in [0, 0.05) is 23.8 Å². The zero-order valence-electron chi connectivity index (χ0n) is 15.6. The number of ether oxygens (including phenoxy) is 1. The number of carbonyl (C=O) groups is 1. The lowest BCUT2D eigenvalue weighted by molar-refractivity contribution is 0.0928. The molecule has 1 N–H and O–H groups in total. The van der Waals surface area contributed by atoms with Crippen molar-refractivity contribution >= 4 is 17.5 Å². The number of hydrogen-bond donors (Lipinski definition) is 1. The minimum Gasteiger partial charge on any atom is -0.489 e. The third-order valence-electron chi connectivity index (χ3n) is 4.24. The van der Waals surface area contributed by atoms with Gasteiger partial charge < -0.3 is 14.6 Å². The van der Waals surface area contributed by atoms with Crippen LogP contribution in [0.25, 0.3) is 0 Å². The average molecular weight is 389 g/mol. The SMILES string of the molecule is Cc1nn(C)cc1C(C)NC(=O)c1noc(C)c1COc1cccc(Cl)c1. The third kappa shape index (κ3) is 4.31. The van der Waals surface area contributed by atoms with Crippen LogP contribution in [0.2, 0.25) is 5.02 Å². The van der Waals surface area contributed by atoms with E-state index < -0.39 is 0 Å². The highest BCUT2D eigenvalue weighted by Gasteiger charge is 2.23. The highest BCUT2D eigenvalue weighted by atomic mass is 35.5. The van der Waals surface area contributed by atoms with E-state index in [4.69, 9.17) is 20.9 Å². The minimum atomic E-state index is -0.327. The summed E-state index contributed by atoms with van der Waals surface area (Å²) in [5, 5.41) is 11.7. The average Bonchev–Trinajstić information content (AvgIpc) is 3.14. The maximum atomic E-state index is 12.7. The summed E-state index contributed by atoms with van der Waals surface area (Å²) in [6.07, 6.45) is 1.89. The Morgan fingerprint density at radius 3 is 2.85 bits per heavy atom. The van der Waals surface area contributed by atoms with E-state index >= 15 is 0 Å². The van der Waals surface area contributed by atoms with Gasteiger partial charge in [0.05, 0.1) is 17.3 Å². The molecule has 0 fully saturated rings. The first-order valence-corrected chi connectivity index (χ1v) is 8.87. The summed E-state index contributed by atoms with van der Waals surface area (Å²) < 4.78 is 12.7. The molecular formula is C19H21ClN4O3. The van der Waals surface area contributed by atoms with E-state index in [0.717, 1.165) is 11.3 Å². The Kier molecular flexibility index (Phi) is 5.51. The zero-order chi connectivity index (χ0) is 19.6. The fourth-order valence-corrected chi connectivity index (χ4v) is 3.02. The van der Waals surface area contributed by atoms with Gasteiger partial charge in [-0.25, -0.2) is 0 Å². The number of nitrogens with one attached hydrogen (secondary N) is 1. The summed E-state index contributed by atoms with van der Waals surface area (Å²) in [6, 6.07) is 6.84. The Morgan fingerprint density at radius 2 is 2.19 bits per heavy atom. The van der Waals surface area contributed by atoms with Gasteiger partial charge in [0.1, 0.15) is 18.1 Å². The van der Waals surface area contributed by atoms with Crippen molar-refractivity contribution in [1.29, 1.82) is 0 Å². The molecule has 142 valence electrons. The number of aromatic nitrogens is 3. The van der Waals surface area contributed by atoms with Gasteiger partial charge in [-0.05, 0) is 39.0 Å². The number of benzene rings is 1. The molecule has 0 spiro atoms. The normalized spacial score (nSPS) is 12.0. The number of amides is 1. The van der Waals surface area contributed by atoms with Crippen LogP contribution in [-0.2, 0) is 13.7 Å². The molecule has 0 saturated heterocycles. The van der Waals surface area contributed by atoms with Crippen molar-refractivity contribution < 1.29 is 14.1 Å². The van der Waals surface area contributed by atoms with Crippen molar-refractivity contribution in [1.82, 2.24) is 20.3 Å². The predicted molar refractivity (Wildman–Crippen MR) is 101 cm³/mol. The van der Waals surface area contributed by atoms with Gasteiger partial charge >= 0.3 is 0 Å². The third-order valence-corrected chi connectivity index (χ3v) is 4.48. The molecule has 1 amide bonds. The highest BCUT2D eigenvalue weighted by molar-refractivity contribution is 6.30. The van der Waals surface area contributed by atoms with Gasteiger partial charge in [-0.1, -0.05) is 22.8 Å². The molecule has 3 aromatic rings. The van der Waals surface area contributed by atoms with Crippen LogP contribution in [-0.4, -0.2) is 20.8 Å². The molecule has 0 aliphatic carbocycles. The molecule has 1 aromatic carbocycles. The summed E-state index contributed by atoms with van der Waals surface area (Å²) in [4.78, 5) is 12.7. The molecule has 2 heterocycles. The second-order valence-corrected chi connectivity index (χ2v) is 6.79. The molecule has 0 aliphatic rings. The Morgan fingerprint density at radius 1 is 1.41 bits per heavy atom. The van der Waals surface area contributed by atoms with Gasteiger partial charge in [0.15, 0.2) is 5.69 Å². The zero-order valence-corrected chi connectivity index (χ0v) is 16.4. The fraction of sp³-hybridized carbons (Fsp3) is 0.316. The van der Waals surface area contributed by atoms with Crippen molar-refractivity contribution in [2.24, 2.45) is 7.05 Å². The molecule has 1 unspecified atom stereocenters. The largest absolute Gasteiger partial charge is 0.489 e. The van der Waals surface area contributed by atoms with Crippen LogP contribution in [0.15, 0.2) is 35.0 Å². The monoisotopic (exact) mass is 388 g/mol. The molecule has 8 heteroatoms. The summed E-state index contributed by atoms with van der Waals surface area (Å²) in [5.41, 5.74) is 2.62. The maximum absolute atomic E-state index is 12.7. The molecular weight excluding hydrogens is 368 g/mol. The molecule has 0 saturated carbocycles. The van der Waals surface area contributed by atoms with E-state index in [1.165, 1.54) is 0 Å². The van der Waals surface area contributed by atoms with E-state index in [1.807, 2.05) is 27.1 Å². The summed E-state index contributed by atoms with van der Waals surface area (Å²) in [7, 11) is 1.84. The topological polar surface area (TPSA) is 82.2 Å². The Labute approximate surface area is 162 Å². The Bertz CT molecular complexity index is 964. The summed E-state index contributed by atoms with van der Waals surface area (Å²) >= 11 is 5.97. The van der Waals surface area contributed by atoms with Crippen molar-refractivity contribution in [3.63, 3.8) is 0 Å². The molecule has 7 nitrogen and oxygen atoms in total. The minimum absolute atomic E-state index is 0.152. The molecule has 0 bridgehead atoms. The number of nitrogens with zero attached hydrogens (tertiary/aromatic N) is 3. The van der Waals surface area contributed by atoms with Crippen molar-refractivity contribution in [2.75, 3.05) is 0 Å². The van der Waals surface area contributed by atoms with E-state index in [1.54, 1.807) is 35.9 Å². The van der Waals surface area contributed by atoms with Crippen LogP contribution >= 0.6 is 11.6 Å². The van der Waals surface area contributed by atoms with Crippen LogP contribution in [0.5, 0.6) is 5.75 Å². The van der Waals surface area contributed by atoms with Gasteiger partial charge in [-0.2, -0.15) is 5.10 Å². The number of hydrogen-bond acceptors (Lipinski definition) is 5. The first-order chi connectivity index (χ1) is 12.8. The lowest BCUT2D eigenvalue weighted by Crippen LogP contribution is -2.28. The van der Waals surface area contributed by atoms with Gasteiger partial charge in [-0.15, -0.1) is 0 Å². The predicted octanol–water partition coefficient (Wildman–Crippen LogP) is 3.75. The molecule has 3 rings (SSSR count). The van der Waals surface area contributed by atoms with Gasteiger partial charge in [0.2, 0.25) is 0 Å². The number of aryl methyl sites for hydroxylation is 3. The van der Waals surface area contributed by atoms with Gasteiger partial charge in [0.25, 0.3) is 5.91 Å². The van der Waals surface area contributed by atoms with Gasteiger partial charge in [-0.3, -0.25) is 9.48 Å².